The molecule has 0 amide bonds. The van der Waals surface area contributed by atoms with Gasteiger partial charge < -0.3 is 4.42 Å². The van der Waals surface area contributed by atoms with Gasteiger partial charge in [0.25, 0.3) is 0 Å². The average molecular weight is 316 g/mol. The number of fused-ring (bicyclic) bond motifs is 1. The fraction of sp³-hybridized carbons (Fsp3) is 0.0556. The SMILES string of the molecule is Cc1c(-c2ccccc2)c2ccc(-c3nncnn3)cc2oc1=O. The Balaban J connectivity index is 2.01. The molecule has 2 aromatic carbocycles. The van der Waals surface area contributed by atoms with Gasteiger partial charge in [-0.25, -0.2) is 4.79 Å². The summed E-state index contributed by atoms with van der Waals surface area (Å²) in [5.41, 5.74) is 3.24. The molecule has 4 aromatic rings. The molecule has 0 radical (unpaired) electrons. The summed E-state index contributed by atoms with van der Waals surface area (Å²) in [7, 11) is 0. The maximum absolute atomic E-state index is 12.3. The highest BCUT2D eigenvalue weighted by Gasteiger charge is 2.14. The van der Waals surface area contributed by atoms with Gasteiger partial charge in [0.05, 0.1) is 0 Å². The van der Waals surface area contributed by atoms with Crippen LogP contribution in [0.2, 0.25) is 0 Å². The van der Waals surface area contributed by atoms with E-state index in [1.807, 2.05) is 42.5 Å². The summed E-state index contributed by atoms with van der Waals surface area (Å²) >= 11 is 0. The molecule has 0 saturated carbocycles. The average Bonchev–Trinajstić information content (AvgIpc) is 2.64. The van der Waals surface area contributed by atoms with E-state index in [1.54, 1.807) is 13.0 Å². The van der Waals surface area contributed by atoms with E-state index in [1.165, 1.54) is 6.33 Å². The highest BCUT2D eigenvalue weighted by molar-refractivity contribution is 5.96. The van der Waals surface area contributed by atoms with Crippen molar-refractivity contribution in [1.82, 2.24) is 20.4 Å². The van der Waals surface area contributed by atoms with Crippen LogP contribution in [0.1, 0.15) is 5.56 Å². The van der Waals surface area contributed by atoms with E-state index in [0.29, 0.717) is 22.5 Å². The van der Waals surface area contributed by atoms with Gasteiger partial charge in [-0.1, -0.05) is 36.4 Å². The third-order valence-electron chi connectivity index (χ3n) is 3.86. The minimum absolute atomic E-state index is 0.358. The van der Waals surface area contributed by atoms with Crippen molar-refractivity contribution in [3.63, 3.8) is 0 Å². The van der Waals surface area contributed by atoms with Crippen LogP contribution < -0.4 is 5.63 Å². The van der Waals surface area contributed by atoms with Crippen molar-refractivity contribution in [2.24, 2.45) is 0 Å². The molecule has 0 N–H and O–H groups in total. The fourth-order valence-corrected chi connectivity index (χ4v) is 2.73. The number of hydrogen-bond acceptors (Lipinski definition) is 6. The molecule has 0 saturated heterocycles. The Hall–Kier alpha value is -3.41. The van der Waals surface area contributed by atoms with Crippen LogP contribution >= 0.6 is 0 Å². The lowest BCUT2D eigenvalue weighted by molar-refractivity contribution is 0.556. The molecule has 0 fully saturated rings. The van der Waals surface area contributed by atoms with E-state index < -0.39 is 0 Å². The third-order valence-corrected chi connectivity index (χ3v) is 3.86. The Kier molecular flexibility index (Phi) is 3.35. The van der Waals surface area contributed by atoms with Crippen molar-refractivity contribution in [2.75, 3.05) is 0 Å². The molecule has 0 aliphatic heterocycles. The van der Waals surface area contributed by atoms with Crippen molar-refractivity contribution in [2.45, 2.75) is 6.92 Å². The second-order valence-electron chi connectivity index (χ2n) is 5.34. The summed E-state index contributed by atoms with van der Waals surface area (Å²) in [6.07, 6.45) is 1.27. The molecular formula is C18H12N4O2. The minimum atomic E-state index is -0.358. The lowest BCUT2D eigenvalue weighted by atomic mass is 9.97. The van der Waals surface area contributed by atoms with Crippen LogP contribution in [0.4, 0.5) is 0 Å². The van der Waals surface area contributed by atoms with Crippen molar-refractivity contribution in [3.05, 3.63) is 70.8 Å². The zero-order valence-electron chi connectivity index (χ0n) is 12.8. The summed E-state index contributed by atoms with van der Waals surface area (Å²) in [6, 6.07) is 15.3. The molecule has 0 atom stereocenters. The van der Waals surface area contributed by atoms with Gasteiger partial charge in [-0.2, -0.15) is 0 Å². The van der Waals surface area contributed by atoms with Crippen LogP contribution in [-0.2, 0) is 0 Å². The normalized spacial score (nSPS) is 10.9. The van der Waals surface area contributed by atoms with Crippen LogP contribution in [0.3, 0.4) is 0 Å². The van der Waals surface area contributed by atoms with Crippen molar-refractivity contribution >= 4 is 11.0 Å². The standard InChI is InChI=1S/C18H12N4O2/c1-11-16(12-5-3-2-4-6-12)14-8-7-13(9-15(14)24-18(11)23)17-21-19-10-20-22-17/h2-10H,1H3. The predicted octanol–water partition coefficient (Wildman–Crippen LogP) is 3.02. The number of nitrogens with zero attached hydrogens (tertiary/aromatic N) is 4. The van der Waals surface area contributed by atoms with Gasteiger partial charge in [-0.3, -0.25) is 0 Å². The first-order chi connectivity index (χ1) is 11.7. The summed E-state index contributed by atoms with van der Waals surface area (Å²) in [5, 5.41) is 16.2. The molecular weight excluding hydrogens is 304 g/mol. The molecule has 6 nitrogen and oxygen atoms in total. The van der Waals surface area contributed by atoms with Gasteiger partial charge in [0.1, 0.15) is 5.58 Å². The number of rotatable bonds is 2. The zero-order chi connectivity index (χ0) is 16.5. The molecule has 4 rings (SSSR count). The summed E-state index contributed by atoms with van der Waals surface area (Å²) in [4.78, 5) is 12.3. The van der Waals surface area contributed by atoms with E-state index in [2.05, 4.69) is 20.4 Å². The summed E-state index contributed by atoms with van der Waals surface area (Å²) in [5.74, 6) is 0.379. The molecule has 116 valence electrons. The molecule has 0 spiro atoms. The molecule has 0 bridgehead atoms. The Morgan fingerprint density at radius 1 is 0.917 bits per heavy atom. The minimum Gasteiger partial charge on any atom is -0.422 e. The zero-order valence-corrected chi connectivity index (χ0v) is 12.8. The van der Waals surface area contributed by atoms with Gasteiger partial charge in [-0.05, 0) is 24.6 Å². The van der Waals surface area contributed by atoms with Gasteiger partial charge >= 0.3 is 5.63 Å². The topological polar surface area (TPSA) is 81.8 Å². The Bertz CT molecular complexity index is 1080. The van der Waals surface area contributed by atoms with E-state index in [0.717, 1.165) is 16.5 Å². The number of aromatic nitrogens is 4. The smallest absolute Gasteiger partial charge is 0.339 e. The van der Waals surface area contributed by atoms with Gasteiger partial charge in [0.2, 0.25) is 5.82 Å². The maximum Gasteiger partial charge on any atom is 0.339 e. The second-order valence-corrected chi connectivity index (χ2v) is 5.34. The predicted molar refractivity (Wildman–Crippen MR) is 89.3 cm³/mol. The molecule has 2 aromatic heterocycles. The second kappa shape index (κ2) is 5.66. The summed E-state index contributed by atoms with van der Waals surface area (Å²) in [6.45, 7) is 1.77. The number of hydrogen-bond donors (Lipinski definition) is 0. The van der Waals surface area contributed by atoms with Crippen molar-refractivity contribution in [1.29, 1.82) is 0 Å². The molecule has 24 heavy (non-hydrogen) atoms. The maximum atomic E-state index is 12.3. The van der Waals surface area contributed by atoms with Crippen LogP contribution in [0.15, 0.2) is 64.1 Å². The Labute approximate surface area is 136 Å². The van der Waals surface area contributed by atoms with Crippen LogP contribution in [0.5, 0.6) is 0 Å². The number of benzene rings is 2. The van der Waals surface area contributed by atoms with Crippen molar-refractivity contribution < 1.29 is 4.42 Å². The van der Waals surface area contributed by atoms with Crippen LogP contribution in [-0.4, -0.2) is 20.4 Å². The fourth-order valence-electron chi connectivity index (χ4n) is 2.73. The highest BCUT2D eigenvalue weighted by Crippen LogP contribution is 2.31. The molecule has 0 unspecified atom stereocenters. The first kappa shape index (κ1) is 14.2. The van der Waals surface area contributed by atoms with E-state index in [9.17, 15) is 4.79 Å². The first-order valence-electron chi connectivity index (χ1n) is 7.37. The van der Waals surface area contributed by atoms with E-state index in [4.69, 9.17) is 4.42 Å². The monoisotopic (exact) mass is 316 g/mol. The first-order valence-corrected chi connectivity index (χ1v) is 7.37. The molecule has 6 heteroatoms. The van der Waals surface area contributed by atoms with Gasteiger partial charge in [-0.15, -0.1) is 20.4 Å². The quantitative estimate of drug-likeness (QED) is 0.529. The molecule has 2 heterocycles. The lowest BCUT2D eigenvalue weighted by Gasteiger charge is -2.10. The molecule has 0 aliphatic rings. The van der Waals surface area contributed by atoms with Crippen LogP contribution in [0.25, 0.3) is 33.5 Å². The summed E-state index contributed by atoms with van der Waals surface area (Å²) < 4.78 is 5.46. The lowest BCUT2D eigenvalue weighted by Crippen LogP contribution is -2.05. The third kappa shape index (κ3) is 2.34. The van der Waals surface area contributed by atoms with E-state index >= 15 is 0 Å². The largest absolute Gasteiger partial charge is 0.422 e. The van der Waals surface area contributed by atoms with Crippen LogP contribution in [0, 0.1) is 6.92 Å². The van der Waals surface area contributed by atoms with Gasteiger partial charge in [0, 0.05) is 22.1 Å². The Morgan fingerprint density at radius 2 is 1.67 bits per heavy atom. The van der Waals surface area contributed by atoms with Gasteiger partial charge in [0.15, 0.2) is 6.33 Å². The molecule has 0 aliphatic carbocycles. The highest BCUT2D eigenvalue weighted by atomic mass is 16.4. The van der Waals surface area contributed by atoms with Crippen molar-refractivity contribution in [3.8, 4) is 22.5 Å². The Morgan fingerprint density at radius 3 is 2.42 bits per heavy atom. The van der Waals surface area contributed by atoms with E-state index in [-0.39, 0.29) is 5.63 Å².